The third-order valence-electron chi connectivity index (χ3n) is 12.7. The first-order valence-electron chi connectivity index (χ1n) is 18.3. The van der Waals surface area contributed by atoms with Crippen molar-refractivity contribution < 1.29 is 0 Å². The molecule has 0 bridgehead atoms. The van der Waals surface area contributed by atoms with E-state index in [1.54, 1.807) is 0 Å². The number of fused-ring (bicyclic) bond motifs is 3. The molecule has 2 atom stereocenters. The zero-order valence-electron chi connectivity index (χ0n) is 29.1. The van der Waals surface area contributed by atoms with Crippen LogP contribution in [0.4, 0.5) is 11.4 Å². The fourth-order valence-corrected chi connectivity index (χ4v) is 10.00. The number of aryl methyl sites for hydroxylation is 1. The predicted octanol–water partition coefficient (Wildman–Crippen LogP) is 13.6. The molecule has 1 heteroatoms. The normalized spacial score (nSPS) is 20.1. The van der Waals surface area contributed by atoms with E-state index in [0.29, 0.717) is 0 Å². The van der Waals surface area contributed by atoms with Crippen molar-refractivity contribution in [3.8, 4) is 33.4 Å². The Morgan fingerprint density at radius 1 is 0.500 bits per heavy atom. The molecule has 0 amide bonds. The standard InChI is InChI=1S/C49H41N/c1-32-29-45-44(48(2)27-13-14-28-49(48,3)50(45)36-19-11-6-12-20-36)31-41(32)43-30-42(34-17-9-5-10-18-34)39-24-22-35-21-23-37(33-15-7-4-8-16-33)38-25-26-40(43)47(39)46(35)38/h4-12,15-26,29-31H,13-14,27-28H2,1-3H3. The third-order valence-corrected chi connectivity index (χ3v) is 12.7. The van der Waals surface area contributed by atoms with Crippen molar-refractivity contribution in [2.75, 3.05) is 4.90 Å². The number of benzene rings is 8. The molecule has 242 valence electrons. The van der Waals surface area contributed by atoms with Crippen molar-refractivity contribution in [3.63, 3.8) is 0 Å². The average Bonchev–Trinajstić information content (AvgIpc) is 3.36. The maximum atomic E-state index is 2.70. The SMILES string of the molecule is Cc1cc2c(cc1-c1cc(-c3ccccc3)c3ccc4ccc(-c5ccccc5)c5ccc1c3c45)C1(C)CCCCC1(C)N2c1ccccc1. The minimum Gasteiger partial charge on any atom is -0.334 e. The molecular formula is C49H41N. The summed E-state index contributed by atoms with van der Waals surface area (Å²) in [5.74, 6) is 0. The van der Waals surface area contributed by atoms with Crippen LogP contribution in [-0.2, 0) is 5.41 Å². The molecule has 1 nitrogen and oxygen atoms in total. The second-order valence-electron chi connectivity index (χ2n) is 15.2. The summed E-state index contributed by atoms with van der Waals surface area (Å²) in [7, 11) is 0. The molecule has 1 saturated carbocycles. The average molecular weight is 644 g/mol. The van der Waals surface area contributed by atoms with Crippen molar-refractivity contribution in [1.82, 2.24) is 0 Å². The summed E-state index contributed by atoms with van der Waals surface area (Å²) in [6.07, 6.45) is 4.95. The van der Waals surface area contributed by atoms with Gasteiger partial charge in [0.1, 0.15) is 0 Å². The molecule has 1 aliphatic carbocycles. The van der Waals surface area contributed by atoms with Crippen LogP contribution >= 0.6 is 0 Å². The van der Waals surface area contributed by atoms with Crippen LogP contribution in [0.25, 0.3) is 65.7 Å². The molecule has 0 saturated heterocycles. The first-order chi connectivity index (χ1) is 24.5. The molecule has 0 radical (unpaired) electrons. The lowest BCUT2D eigenvalue weighted by molar-refractivity contribution is 0.195. The van der Waals surface area contributed by atoms with Crippen molar-refractivity contribution in [1.29, 1.82) is 0 Å². The summed E-state index contributed by atoms with van der Waals surface area (Å²) in [6, 6.07) is 54.7. The second kappa shape index (κ2) is 10.8. The fourth-order valence-electron chi connectivity index (χ4n) is 10.00. The Morgan fingerprint density at radius 3 is 1.80 bits per heavy atom. The molecule has 8 aromatic rings. The molecule has 0 spiro atoms. The van der Waals surface area contributed by atoms with E-state index >= 15 is 0 Å². The van der Waals surface area contributed by atoms with Gasteiger partial charge in [0.15, 0.2) is 0 Å². The monoisotopic (exact) mass is 643 g/mol. The number of para-hydroxylation sites is 1. The van der Waals surface area contributed by atoms with Crippen molar-refractivity contribution in [2.45, 2.75) is 57.4 Å². The zero-order valence-corrected chi connectivity index (χ0v) is 29.1. The van der Waals surface area contributed by atoms with E-state index in [2.05, 4.69) is 171 Å². The van der Waals surface area contributed by atoms with E-state index in [1.807, 2.05) is 0 Å². The second-order valence-corrected chi connectivity index (χ2v) is 15.2. The highest BCUT2D eigenvalue weighted by Gasteiger charge is 2.57. The summed E-state index contributed by atoms with van der Waals surface area (Å²) in [6.45, 7) is 7.42. The molecule has 1 fully saturated rings. The Hall–Kier alpha value is -5.40. The third kappa shape index (κ3) is 4.01. The van der Waals surface area contributed by atoms with Crippen molar-refractivity contribution in [2.24, 2.45) is 0 Å². The highest BCUT2D eigenvalue weighted by molar-refractivity contribution is 6.30. The lowest BCUT2D eigenvalue weighted by atomic mass is 9.61. The Kier molecular flexibility index (Phi) is 6.37. The first-order valence-corrected chi connectivity index (χ1v) is 18.3. The maximum absolute atomic E-state index is 2.70. The van der Waals surface area contributed by atoms with Gasteiger partial charge in [-0.3, -0.25) is 0 Å². The molecule has 1 heterocycles. The van der Waals surface area contributed by atoms with Gasteiger partial charge in [-0.15, -0.1) is 0 Å². The highest BCUT2D eigenvalue weighted by atomic mass is 15.3. The van der Waals surface area contributed by atoms with Crippen LogP contribution in [0.1, 0.15) is 50.7 Å². The maximum Gasteiger partial charge on any atom is 0.0517 e. The molecule has 2 unspecified atom stereocenters. The zero-order chi connectivity index (χ0) is 33.6. The Bertz CT molecular complexity index is 2570. The summed E-state index contributed by atoms with van der Waals surface area (Å²) in [4.78, 5) is 2.70. The van der Waals surface area contributed by atoms with Gasteiger partial charge in [0.2, 0.25) is 0 Å². The molecule has 8 aromatic carbocycles. The summed E-state index contributed by atoms with van der Waals surface area (Å²) >= 11 is 0. The van der Waals surface area contributed by atoms with Gasteiger partial charge in [0, 0.05) is 16.8 Å². The number of hydrogen-bond acceptors (Lipinski definition) is 1. The van der Waals surface area contributed by atoms with E-state index in [4.69, 9.17) is 0 Å². The van der Waals surface area contributed by atoms with Crippen LogP contribution in [-0.4, -0.2) is 5.54 Å². The summed E-state index contributed by atoms with van der Waals surface area (Å²) in [5.41, 5.74) is 13.4. The van der Waals surface area contributed by atoms with Gasteiger partial charge >= 0.3 is 0 Å². The number of hydrogen-bond donors (Lipinski definition) is 0. The Balaban J connectivity index is 1.29. The van der Waals surface area contributed by atoms with Crippen molar-refractivity contribution >= 4 is 43.7 Å². The minimum absolute atomic E-state index is 0.0195. The minimum atomic E-state index is 0.0195. The van der Waals surface area contributed by atoms with E-state index in [-0.39, 0.29) is 11.0 Å². The molecule has 2 aliphatic rings. The van der Waals surface area contributed by atoms with Gasteiger partial charge < -0.3 is 4.90 Å². The fraction of sp³-hybridized carbons (Fsp3) is 0.184. The van der Waals surface area contributed by atoms with Gasteiger partial charge in [0.25, 0.3) is 0 Å². The van der Waals surface area contributed by atoms with E-state index < -0.39 is 0 Å². The van der Waals surface area contributed by atoms with Gasteiger partial charge in [-0.05, 0) is 134 Å². The van der Waals surface area contributed by atoms with E-state index in [1.165, 1.54) is 114 Å². The molecular weight excluding hydrogens is 603 g/mol. The Labute approximate surface area is 295 Å². The van der Waals surface area contributed by atoms with E-state index in [9.17, 15) is 0 Å². The molecule has 50 heavy (non-hydrogen) atoms. The topological polar surface area (TPSA) is 3.24 Å². The lowest BCUT2D eigenvalue weighted by Crippen LogP contribution is -2.54. The van der Waals surface area contributed by atoms with Crippen LogP contribution in [0, 0.1) is 6.92 Å². The van der Waals surface area contributed by atoms with Gasteiger partial charge in [-0.1, -0.05) is 135 Å². The summed E-state index contributed by atoms with van der Waals surface area (Å²) in [5, 5.41) is 8.00. The van der Waals surface area contributed by atoms with Gasteiger partial charge in [-0.25, -0.2) is 0 Å². The van der Waals surface area contributed by atoms with Gasteiger partial charge in [0.05, 0.1) is 5.54 Å². The van der Waals surface area contributed by atoms with Gasteiger partial charge in [-0.2, -0.15) is 0 Å². The highest BCUT2D eigenvalue weighted by Crippen LogP contribution is 2.62. The molecule has 0 N–H and O–H groups in total. The molecule has 0 aromatic heterocycles. The summed E-state index contributed by atoms with van der Waals surface area (Å²) < 4.78 is 0. The van der Waals surface area contributed by atoms with E-state index in [0.717, 1.165) is 0 Å². The predicted molar refractivity (Wildman–Crippen MR) is 214 cm³/mol. The van der Waals surface area contributed by atoms with Crippen LogP contribution in [0.2, 0.25) is 0 Å². The van der Waals surface area contributed by atoms with Crippen LogP contribution in [0.5, 0.6) is 0 Å². The first kappa shape index (κ1) is 29.5. The van der Waals surface area contributed by atoms with Crippen LogP contribution in [0.15, 0.2) is 146 Å². The lowest BCUT2D eigenvalue weighted by Gasteiger charge is -2.50. The van der Waals surface area contributed by atoms with Crippen molar-refractivity contribution in [3.05, 3.63) is 157 Å². The van der Waals surface area contributed by atoms with Crippen LogP contribution < -0.4 is 4.90 Å². The largest absolute Gasteiger partial charge is 0.334 e. The number of anilines is 2. The number of nitrogens with zero attached hydrogens (tertiary/aromatic N) is 1. The molecule has 10 rings (SSSR count). The molecule has 1 aliphatic heterocycles. The van der Waals surface area contributed by atoms with Crippen LogP contribution in [0.3, 0.4) is 0 Å². The smallest absolute Gasteiger partial charge is 0.0517 e. The Morgan fingerprint density at radius 2 is 1.08 bits per heavy atom. The quantitative estimate of drug-likeness (QED) is 0.173. The number of rotatable bonds is 4.